The van der Waals surface area contributed by atoms with Crippen molar-refractivity contribution in [1.29, 1.82) is 0 Å². The summed E-state index contributed by atoms with van der Waals surface area (Å²) in [6.07, 6.45) is 7.58. The van der Waals surface area contributed by atoms with Crippen molar-refractivity contribution in [3.63, 3.8) is 0 Å². The van der Waals surface area contributed by atoms with Crippen molar-refractivity contribution in [2.45, 2.75) is 45.6 Å². The number of esters is 1. The molecule has 0 unspecified atom stereocenters. The number of carbonyl (C=O) groups excluding carboxylic acids is 1. The van der Waals surface area contributed by atoms with Crippen molar-refractivity contribution < 1.29 is 14.1 Å². The number of hydrogen-bond donors (Lipinski definition) is 0. The van der Waals surface area contributed by atoms with E-state index in [0.29, 0.717) is 6.61 Å². The highest BCUT2D eigenvalue weighted by Crippen LogP contribution is 2.29. The highest BCUT2D eigenvalue weighted by molar-refractivity contribution is 7.15. The number of aliphatic imine (C=N–C) groups is 1. The molecule has 1 heterocycles. The second-order valence-electron chi connectivity index (χ2n) is 5.41. The van der Waals surface area contributed by atoms with E-state index < -0.39 is 0 Å². The molecule has 0 fully saturated rings. The Morgan fingerprint density at radius 2 is 2.14 bits per heavy atom. The Bertz CT molecular complexity index is 523. The lowest BCUT2D eigenvalue weighted by molar-refractivity contribution is -0.676. The summed E-state index contributed by atoms with van der Waals surface area (Å²) < 4.78 is 7.15. The lowest BCUT2D eigenvalue weighted by Gasteiger charge is -2.04. The van der Waals surface area contributed by atoms with E-state index in [1.54, 1.807) is 17.7 Å². The van der Waals surface area contributed by atoms with Crippen molar-refractivity contribution in [3.05, 3.63) is 10.6 Å². The lowest BCUT2D eigenvalue weighted by atomic mass is 10.2. The van der Waals surface area contributed by atoms with Crippen LogP contribution in [0.25, 0.3) is 0 Å². The third-order valence-corrected chi connectivity index (χ3v) is 4.60. The van der Waals surface area contributed by atoms with Crippen LogP contribution >= 0.6 is 11.3 Å². The summed E-state index contributed by atoms with van der Waals surface area (Å²) in [7, 11) is 3.88. The summed E-state index contributed by atoms with van der Waals surface area (Å²) in [5.74, 6) is -0.186. The number of aromatic nitrogens is 1. The number of ether oxygens (including phenoxy) is 1. The van der Waals surface area contributed by atoms with Gasteiger partial charge in [-0.3, -0.25) is 0 Å². The lowest BCUT2D eigenvalue weighted by Crippen LogP contribution is -2.41. The summed E-state index contributed by atoms with van der Waals surface area (Å²) in [6.45, 7) is 2.52. The van der Waals surface area contributed by atoms with Crippen molar-refractivity contribution >= 4 is 28.8 Å². The molecule has 0 saturated heterocycles. The molecule has 1 aromatic rings. The molecule has 6 heteroatoms. The summed E-state index contributed by atoms with van der Waals surface area (Å²) in [5, 5.41) is 0.892. The molecule has 0 amide bonds. The van der Waals surface area contributed by atoms with Crippen LogP contribution in [-0.2, 0) is 28.9 Å². The fourth-order valence-corrected chi connectivity index (χ4v) is 3.66. The molecule has 1 aromatic heterocycles. The van der Waals surface area contributed by atoms with Crippen LogP contribution in [0.3, 0.4) is 0 Å². The van der Waals surface area contributed by atoms with Crippen LogP contribution in [0.4, 0.5) is 5.13 Å². The van der Waals surface area contributed by atoms with Crippen LogP contribution in [0, 0.1) is 0 Å². The molecule has 0 saturated carbocycles. The maximum atomic E-state index is 11.9. The molecule has 21 heavy (non-hydrogen) atoms. The van der Waals surface area contributed by atoms with Gasteiger partial charge in [-0.2, -0.15) is 0 Å². The van der Waals surface area contributed by atoms with Gasteiger partial charge in [0.2, 0.25) is 6.34 Å². The molecule has 0 N–H and O–H groups in total. The van der Waals surface area contributed by atoms with Gasteiger partial charge in [0.25, 0.3) is 0 Å². The van der Waals surface area contributed by atoms with Gasteiger partial charge in [0.1, 0.15) is 5.69 Å². The Hall–Kier alpha value is -1.43. The van der Waals surface area contributed by atoms with Gasteiger partial charge in [-0.25, -0.2) is 9.36 Å². The average molecular weight is 310 g/mol. The standard InChI is InChI=1S/C15H24N3O2S/c1-4-20-14(19)10-18-12-8-6-5-7-9-13(12)21-15(18)16-11-17(2)3/h11H,4-10H2,1-3H3/q+1. The summed E-state index contributed by atoms with van der Waals surface area (Å²) in [6, 6.07) is 0. The van der Waals surface area contributed by atoms with Crippen LogP contribution in [0.2, 0.25) is 0 Å². The second-order valence-corrected chi connectivity index (χ2v) is 6.48. The molecule has 0 spiro atoms. The molecule has 0 bridgehead atoms. The zero-order valence-electron chi connectivity index (χ0n) is 13.1. The minimum Gasteiger partial charge on any atom is -0.463 e. The van der Waals surface area contributed by atoms with E-state index in [1.807, 2.05) is 30.5 Å². The van der Waals surface area contributed by atoms with Crippen LogP contribution < -0.4 is 4.57 Å². The van der Waals surface area contributed by atoms with Gasteiger partial charge in [0.15, 0.2) is 6.54 Å². The predicted octanol–water partition coefficient (Wildman–Crippen LogP) is 2.09. The number of rotatable bonds is 5. The minimum atomic E-state index is -0.186. The largest absolute Gasteiger partial charge is 0.463 e. The number of hydrogen-bond acceptors (Lipinski definition) is 4. The molecule has 0 aliphatic heterocycles. The molecule has 1 aliphatic carbocycles. The zero-order valence-corrected chi connectivity index (χ0v) is 13.9. The summed E-state index contributed by atoms with van der Waals surface area (Å²) >= 11 is 1.71. The Morgan fingerprint density at radius 1 is 1.38 bits per heavy atom. The highest BCUT2D eigenvalue weighted by Gasteiger charge is 2.27. The van der Waals surface area contributed by atoms with Crippen molar-refractivity contribution in [2.24, 2.45) is 4.99 Å². The number of fused-ring (bicyclic) bond motifs is 1. The van der Waals surface area contributed by atoms with E-state index in [-0.39, 0.29) is 12.5 Å². The Kier molecular flexibility index (Phi) is 5.73. The normalized spacial score (nSPS) is 14.8. The third kappa shape index (κ3) is 4.27. The molecule has 0 radical (unpaired) electrons. The molecular weight excluding hydrogens is 286 g/mol. The van der Waals surface area contributed by atoms with E-state index >= 15 is 0 Å². The monoisotopic (exact) mass is 310 g/mol. The molecule has 5 nitrogen and oxygen atoms in total. The fraction of sp³-hybridized carbons (Fsp3) is 0.667. The second kappa shape index (κ2) is 7.54. The van der Waals surface area contributed by atoms with E-state index in [9.17, 15) is 4.79 Å². The average Bonchev–Trinajstić information content (AvgIpc) is 2.61. The number of carbonyl (C=O) groups is 1. The van der Waals surface area contributed by atoms with Gasteiger partial charge in [0, 0.05) is 20.5 Å². The topological polar surface area (TPSA) is 45.8 Å². The first-order chi connectivity index (χ1) is 10.1. The first-order valence-electron chi connectivity index (χ1n) is 7.52. The molecule has 116 valence electrons. The quantitative estimate of drug-likeness (QED) is 0.275. The molecule has 2 rings (SSSR count). The van der Waals surface area contributed by atoms with Crippen molar-refractivity contribution in [1.82, 2.24) is 4.90 Å². The van der Waals surface area contributed by atoms with Gasteiger partial charge < -0.3 is 9.64 Å². The van der Waals surface area contributed by atoms with Gasteiger partial charge >= 0.3 is 11.1 Å². The van der Waals surface area contributed by atoms with Crippen molar-refractivity contribution in [2.75, 3.05) is 20.7 Å². The summed E-state index contributed by atoms with van der Waals surface area (Å²) in [5.41, 5.74) is 1.27. The Balaban J connectivity index is 2.32. The molecular formula is C15H24N3O2S+. The molecule has 0 atom stereocenters. The number of aryl methyl sites for hydroxylation is 1. The van der Waals surface area contributed by atoms with Gasteiger partial charge in [-0.1, -0.05) is 6.42 Å². The van der Waals surface area contributed by atoms with Gasteiger partial charge in [-0.15, -0.1) is 0 Å². The number of thiazole rings is 1. The Morgan fingerprint density at radius 3 is 2.86 bits per heavy atom. The predicted molar refractivity (Wildman–Crippen MR) is 84.2 cm³/mol. The van der Waals surface area contributed by atoms with Crippen LogP contribution in [0.1, 0.15) is 36.8 Å². The third-order valence-electron chi connectivity index (χ3n) is 3.40. The number of nitrogens with zero attached hydrogens (tertiary/aromatic N) is 3. The van der Waals surface area contributed by atoms with Gasteiger partial charge in [0.05, 0.1) is 11.5 Å². The van der Waals surface area contributed by atoms with Crippen molar-refractivity contribution in [3.8, 4) is 0 Å². The molecule has 0 aromatic carbocycles. The maximum Gasteiger partial charge on any atom is 0.384 e. The van der Waals surface area contributed by atoms with E-state index in [0.717, 1.165) is 18.0 Å². The van der Waals surface area contributed by atoms with Crippen LogP contribution in [0.5, 0.6) is 0 Å². The first kappa shape index (κ1) is 15.9. The zero-order chi connectivity index (χ0) is 15.2. The Labute approximate surface area is 130 Å². The molecule has 1 aliphatic rings. The van der Waals surface area contributed by atoms with E-state index in [4.69, 9.17) is 4.74 Å². The highest BCUT2D eigenvalue weighted by atomic mass is 32.1. The first-order valence-corrected chi connectivity index (χ1v) is 8.34. The van der Waals surface area contributed by atoms with Gasteiger partial charge in [-0.05, 0) is 42.5 Å². The van der Waals surface area contributed by atoms with Crippen LogP contribution in [0.15, 0.2) is 4.99 Å². The van der Waals surface area contributed by atoms with Crippen LogP contribution in [-0.4, -0.2) is 37.9 Å². The maximum absolute atomic E-state index is 11.9. The van der Waals surface area contributed by atoms with E-state index in [2.05, 4.69) is 4.99 Å². The smallest absolute Gasteiger partial charge is 0.384 e. The summed E-state index contributed by atoms with van der Waals surface area (Å²) in [4.78, 5) is 19.7. The van der Waals surface area contributed by atoms with E-state index in [1.165, 1.54) is 29.8 Å². The minimum absolute atomic E-state index is 0.186. The SMILES string of the molecule is CCOC(=O)C[n+]1c(/N=C/N(C)C)sc2c1CCCCC2. The fourth-order valence-electron chi connectivity index (χ4n) is 2.47.